The molecule has 2 nitrogen and oxygen atoms in total. The fraction of sp³-hybridized carbons (Fsp3) is 0.533. The number of rotatable bonds is 3. The molecule has 17 heavy (non-hydrogen) atoms. The summed E-state index contributed by atoms with van der Waals surface area (Å²) in [6.07, 6.45) is 3.48. The third-order valence-corrected chi connectivity index (χ3v) is 3.06. The molecule has 2 heteroatoms. The first kappa shape index (κ1) is 12.3. The van der Waals surface area contributed by atoms with Crippen molar-refractivity contribution in [2.75, 3.05) is 6.61 Å². The number of hydrogen-bond acceptors (Lipinski definition) is 2. The number of hydrogen-bond donors (Lipinski definition) is 0. The number of aryl methyl sites for hydroxylation is 2. The molecule has 0 atom stereocenters. The molecule has 92 valence electrons. The van der Waals surface area contributed by atoms with E-state index in [-0.39, 0.29) is 18.0 Å². The predicted octanol–water partition coefficient (Wildman–Crippen LogP) is 3.17. The van der Waals surface area contributed by atoms with E-state index in [2.05, 4.69) is 6.07 Å². The molecule has 0 aliphatic heterocycles. The van der Waals surface area contributed by atoms with Crippen LogP contribution >= 0.6 is 0 Å². The van der Waals surface area contributed by atoms with Gasteiger partial charge < -0.3 is 4.74 Å². The molecule has 0 unspecified atom stereocenters. The fourth-order valence-corrected chi connectivity index (χ4v) is 2.11. The smallest absolute Gasteiger partial charge is 0.188 e. The van der Waals surface area contributed by atoms with Crippen molar-refractivity contribution in [3.63, 3.8) is 0 Å². The summed E-state index contributed by atoms with van der Waals surface area (Å²) in [4.78, 5) is 12.0. The van der Waals surface area contributed by atoms with Crippen LogP contribution in [0.15, 0.2) is 18.2 Å². The molecule has 1 aromatic rings. The maximum absolute atomic E-state index is 12.0. The molecule has 0 saturated carbocycles. The first-order chi connectivity index (χ1) is 7.96. The van der Waals surface area contributed by atoms with E-state index in [1.54, 1.807) is 0 Å². The summed E-state index contributed by atoms with van der Waals surface area (Å²) in [6, 6.07) is 6.06. The number of Topliss-reactive ketones (excluding diaryl/α,β-unsaturated/α-hetero) is 1. The van der Waals surface area contributed by atoms with Gasteiger partial charge in [0.1, 0.15) is 6.61 Å². The van der Waals surface area contributed by atoms with Crippen LogP contribution in [0.3, 0.4) is 0 Å². The minimum absolute atomic E-state index is 0.0784. The fourth-order valence-electron chi connectivity index (χ4n) is 2.11. The number of ketones is 1. The van der Waals surface area contributed by atoms with Crippen LogP contribution in [0, 0.1) is 0 Å². The van der Waals surface area contributed by atoms with Gasteiger partial charge in [-0.25, -0.2) is 0 Å². The summed E-state index contributed by atoms with van der Waals surface area (Å²) in [5.74, 6) is 0.0784. The predicted molar refractivity (Wildman–Crippen MR) is 68.5 cm³/mol. The van der Waals surface area contributed by atoms with Crippen LogP contribution in [0.1, 0.15) is 48.7 Å². The second-order valence-corrected chi connectivity index (χ2v) is 5.66. The molecular weight excluding hydrogens is 212 g/mol. The number of ether oxygens (including phenoxy) is 1. The number of carbonyl (C=O) groups is 1. The van der Waals surface area contributed by atoms with Crippen molar-refractivity contribution in [2.45, 2.75) is 45.6 Å². The van der Waals surface area contributed by atoms with Crippen molar-refractivity contribution in [3.8, 4) is 0 Å². The van der Waals surface area contributed by atoms with Crippen molar-refractivity contribution in [3.05, 3.63) is 34.9 Å². The van der Waals surface area contributed by atoms with E-state index in [1.807, 2.05) is 32.9 Å². The van der Waals surface area contributed by atoms with Gasteiger partial charge in [0.25, 0.3) is 0 Å². The minimum Gasteiger partial charge on any atom is -0.368 e. The van der Waals surface area contributed by atoms with Gasteiger partial charge in [0.15, 0.2) is 5.78 Å². The summed E-state index contributed by atoms with van der Waals surface area (Å²) >= 11 is 0. The second-order valence-electron chi connectivity index (χ2n) is 5.66. The van der Waals surface area contributed by atoms with Gasteiger partial charge in [-0.3, -0.25) is 4.79 Å². The highest BCUT2D eigenvalue weighted by Crippen LogP contribution is 2.23. The molecule has 0 heterocycles. The summed E-state index contributed by atoms with van der Waals surface area (Å²) in [7, 11) is 0. The highest BCUT2D eigenvalue weighted by Gasteiger charge is 2.16. The van der Waals surface area contributed by atoms with Crippen LogP contribution in [0.25, 0.3) is 0 Å². The first-order valence-corrected chi connectivity index (χ1v) is 6.25. The zero-order valence-electron chi connectivity index (χ0n) is 10.9. The number of carbonyl (C=O) groups excluding carboxylic acids is 1. The van der Waals surface area contributed by atoms with Gasteiger partial charge in [-0.05, 0) is 57.2 Å². The molecule has 0 aromatic heterocycles. The first-order valence-electron chi connectivity index (χ1n) is 6.25. The Kier molecular flexibility index (Phi) is 3.34. The summed E-state index contributed by atoms with van der Waals surface area (Å²) < 4.78 is 5.52. The Morgan fingerprint density at radius 2 is 1.94 bits per heavy atom. The lowest BCUT2D eigenvalue weighted by Gasteiger charge is -2.18. The normalized spacial score (nSPS) is 14.8. The maximum atomic E-state index is 12.0. The summed E-state index contributed by atoms with van der Waals surface area (Å²) in [5.41, 5.74) is 3.27. The number of benzene rings is 1. The van der Waals surface area contributed by atoms with E-state index in [9.17, 15) is 4.79 Å². The Morgan fingerprint density at radius 1 is 1.24 bits per heavy atom. The van der Waals surface area contributed by atoms with E-state index in [4.69, 9.17) is 4.74 Å². The van der Waals surface area contributed by atoms with Gasteiger partial charge in [0, 0.05) is 5.56 Å². The topological polar surface area (TPSA) is 26.3 Å². The average Bonchev–Trinajstić information content (AvgIpc) is 2.71. The SMILES string of the molecule is CC(C)(C)OCC(=O)c1ccc2c(c1)CCC2. The van der Waals surface area contributed by atoms with Crippen LogP contribution in [-0.4, -0.2) is 18.0 Å². The van der Waals surface area contributed by atoms with Crippen LogP contribution in [-0.2, 0) is 17.6 Å². The second kappa shape index (κ2) is 4.61. The monoisotopic (exact) mass is 232 g/mol. The lowest BCUT2D eigenvalue weighted by molar-refractivity contribution is 0.00306. The van der Waals surface area contributed by atoms with E-state index in [1.165, 1.54) is 17.5 Å². The lowest BCUT2D eigenvalue weighted by Crippen LogP contribution is -2.23. The quantitative estimate of drug-likeness (QED) is 0.748. The molecule has 1 aliphatic rings. The highest BCUT2D eigenvalue weighted by molar-refractivity contribution is 5.97. The molecule has 1 aliphatic carbocycles. The third-order valence-electron chi connectivity index (χ3n) is 3.06. The standard InChI is InChI=1S/C15H20O2/c1-15(2,3)17-10-14(16)13-8-7-11-5-4-6-12(11)9-13/h7-9H,4-6,10H2,1-3H3. The van der Waals surface area contributed by atoms with Crippen LogP contribution < -0.4 is 0 Å². The van der Waals surface area contributed by atoms with Crippen molar-refractivity contribution in [1.82, 2.24) is 0 Å². The molecule has 0 N–H and O–H groups in total. The molecule has 0 saturated heterocycles. The van der Waals surface area contributed by atoms with Crippen LogP contribution in [0.2, 0.25) is 0 Å². The zero-order valence-corrected chi connectivity index (χ0v) is 10.9. The van der Waals surface area contributed by atoms with Crippen molar-refractivity contribution in [1.29, 1.82) is 0 Å². The molecule has 0 bridgehead atoms. The summed E-state index contributed by atoms with van der Waals surface area (Å²) in [6.45, 7) is 6.05. The summed E-state index contributed by atoms with van der Waals surface area (Å²) in [5, 5.41) is 0. The van der Waals surface area contributed by atoms with Gasteiger partial charge in [0.05, 0.1) is 5.60 Å². The zero-order chi connectivity index (χ0) is 12.5. The maximum Gasteiger partial charge on any atom is 0.188 e. The third kappa shape index (κ3) is 3.16. The van der Waals surface area contributed by atoms with Gasteiger partial charge in [-0.2, -0.15) is 0 Å². The van der Waals surface area contributed by atoms with Crippen LogP contribution in [0.5, 0.6) is 0 Å². The van der Waals surface area contributed by atoms with Crippen molar-refractivity contribution >= 4 is 5.78 Å². The lowest BCUT2D eigenvalue weighted by atomic mass is 10.0. The van der Waals surface area contributed by atoms with Gasteiger partial charge in [-0.15, -0.1) is 0 Å². The molecule has 1 aromatic carbocycles. The Bertz CT molecular complexity index is 427. The van der Waals surface area contributed by atoms with Gasteiger partial charge in [-0.1, -0.05) is 12.1 Å². The van der Waals surface area contributed by atoms with E-state index >= 15 is 0 Å². The van der Waals surface area contributed by atoms with Gasteiger partial charge in [0.2, 0.25) is 0 Å². The largest absolute Gasteiger partial charge is 0.368 e. The Balaban J connectivity index is 2.05. The highest BCUT2D eigenvalue weighted by atomic mass is 16.5. The Morgan fingerprint density at radius 3 is 2.65 bits per heavy atom. The molecule has 0 amide bonds. The molecular formula is C15H20O2. The Hall–Kier alpha value is -1.15. The molecule has 2 rings (SSSR count). The van der Waals surface area contributed by atoms with E-state index in [0.29, 0.717) is 0 Å². The molecule has 0 radical (unpaired) electrons. The van der Waals surface area contributed by atoms with Crippen molar-refractivity contribution in [2.24, 2.45) is 0 Å². The molecule has 0 spiro atoms. The van der Waals surface area contributed by atoms with Crippen LogP contribution in [0.4, 0.5) is 0 Å². The van der Waals surface area contributed by atoms with E-state index in [0.717, 1.165) is 18.4 Å². The van der Waals surface area contributed by atoms with Crippen molar-refractivity contribution < 1.29 is 9.53 Å². The number of fused-ring (bicyclic) bond motifs is 1. The minimum atomic E-state index is -0.258. The van der Waals surface area contributed by atoms with E-state index < -0.39 is 0 Å². The average molecular weight is 232 g/mol. The molecule has 0 fully saturated rings. The Labute approximate surface area is 103 Å². The van der Waals surface area contributed by atoms with Gasteiger partial charge >= 0.3 is 0 Å².